The van der Waals surface area contributed by atoms with Crippen LogP contribution in [0.3, 0.4) is 0 Å². The minimum absolute atomic E-state index is 0.0629. The fraction of sp³-hybridized carbons (Fsp3) is 0.579. The summed E-state index contributed by atoms with van der Waals surface area (Å²) >= 11 is 0. The third kappa shape index (κ3) is 4.15. The third-order valence-electron chi connectivity index (χ3n) is 5.05. The Morgan fingerprint density at radius 1 is 1.04 bits per heavy atom. The summed E-state index contributed by atoms with van der Waals surface area (Å²) in [6.45, 7) is 4.01. The Kier molecular flexibility index (Phi) is 5.86. The van der Waals surface area contributed by atoms with Crippen LogP contribution in [0.25, 0.3) is 0 Å². The summed E-state index contributed by atoms with van der Waals surface area (Å²) in [4.78, 5) is 28.9. The van der Waals surface area contributed by atoms with E-state index < -0.39 is 0 Å². The van der Waals surface area contributed by atoms with E-state index in [0.29, 0.717) is 18.7 Å². The van der Waals surface area contributed by atoms with Gasteiger partial charge in [-0.15, -0.1) is 0 Å². The molecule has 5 heteroatoms. The molecule has 0 spiro atoms. The van der Waals surface area contributed by atoms with Gasteiger partial charge in [-0.1, -0.05) is 31.0 Å². The van der Waals surface area contributed by atoms with Crippen LogP contribution in [0.15, 0.2) is 30.3 Å². The molecule has 5 nitrogen and oxygen atoms in total. The Morgan fingerprint density at radius 3 is 2.46 bits per heavy atom. The number of carbonyl (C=O) groups is 2. The average Bonchev–Trinajstić information content (AvgIpc) is 2.82. The number of carbonyl (C=O) groups excluding carboxylic acids is 2. The van der Waals surface area contributed by atoms with Gasteiger partial charge in [0, 0.05) is 25.2 Å². The van der Waals surface area contributed by atoms with Crippen molar-refractivity contribution in [2.45, 2.75) is 38.1 Å². The lowest BCUT2D eigenvalue weighted by atomic mass is 10.2. The highest BCUT2D eigenvalue weighted by Gasteiger charge is 2.35. The van der Waals surface area contributed by atoms with Crippen molar-refractivity contribution in [1.82, 2.24) is 15.1 Å². The summed E-state index contributed by atoms with van der Waals surface area (Å²) in [6.07, 6.45) is 5.90. The van der Waals surface area contributed by atoms with Crippen LogP contribution < -0.4 is 5.32 Å². The van der Waals surface area contributed by atoms with E-state index in [1.54, 1.807) is 12.1 Å². The van der Waals surface area contributed by atoms with Gasteiger partial charge in [-0.3, -0.25) is 14.5 Å². The first-order valence-corrected chi connectivity index (χ1v) is 9.12. The van der Waals surface area contributed by atoms with Gasteiger partial charge in [0.2, 0.25) is 5.91 Å². The molecule has 0 aliphatic carbocycles. The standard InChI is InChI=1S/C19H27N3O2/c23-18(16-8-4-3-5-9-16)20-11-15-22-14-10-17(19(22)24)21-12-6-1-2-7-13-21/h3-5,8-9,17H,1-2,6-7,10-15H2,(H,20,23). The molecule has 0 aromatic heterocycles. The zero-order chi connectivity index (χ0) is 16.8. The molecule has 1 unspecified atom stereocenters. The normalized spacial score (nSPS) is 22.4. The molecule has 1 N–H and O–H groups in total. The number of hydrogen-bond donors (Lipinski definition) is 1. The molecule has 1 aromatic carbocycles. The zero-order valence-corrected chi connectivity index (χ0v) is 14.2. The fourth-order valence-electron chi connectivity index (χ4n) is 3.69. The van der Waals surface area contributed by atoms with E-state index in [1.807, 2.05) is 23.1 Å². The van der Waals surface area contributed by atoms with Gasteiger partial charge in [-0.25, -0.2) is 0 Å². The second kappa shape index (κ2) is 8.29. The number of benzene rings is 1. The van der Waals surface area contributed by atoms with Gasteiger partial charge in [0.25, 0.3) is 5.91 Å². The van der Waals surface area contributed by atoms with E-state index in [4.69, 9.17) is 0 Å². The molecule has 0 radical (unpaired) electrons. The van der Waals surface area contributed by atoms with Crippen LogP contribution in [0.4, 0.5) is 0 Å². The molecule has 2 aliphatic rings. The Labute approximate surface area is 144 Å². The fourth-order valence-corrected chi connectivity index (χ4v) is 3.69. The number of nitrogens with zero attached hydrogens (tertiary/aromatic N) is 2. The van der Waals surface area contributed by atoms with Gasteiger partial charge < -0.3 is 10.2 Å². The van der Waals surface area contributed by atoms with Crippen LogP contribution in [0.5, 0.6) is 0 Å². The first-order chi connectivity index (χ1) is 11.8. The van der Waals surface area contributed by atoms with Crippen molar-refractivity contribution in [1.29, 1.82) is 0 Å². The van der Waals surface area contributed by atoms with Crippen molar-refractivity contribution in [3.63, 3.8) is 0 Å². The summed E-state index contributed by atoms with van der Waals surface area (Å²) in [5.41, 5.74) is 0.660. The van der Waals surface area contributed by atoms with Gasteiger partial charge in [0.1, 0.15) is 0 Å². The SMILES string of the molecule is O=C(NCCN1CCC(N2CCCCCC2)C1=O)c1ccccc1. The predicted molar refractivity (Wildman–Crippen MR) is 93.8 cm³/mol. The molecule has 1 atom stereocenters. The molecule has 2 heterocycles. The first-order valence-electron chi connectivity index (χ1n) is 9.12. The molecule has 24 heavy (non-hydrogen) atoms. The van der Waals surface area contributed by atoms with Crippen LogP contribution in [0.1, 0.15) is 42.5 Å². The Morgan fingerprint density at radius 2 is 1.75 bits per heavy atom. The van der Waals surface area contributed by atoms with Crippen molar-refractivity contribution in [2.24, 2.45) is 0 Å². The van der Waals surface area contributed by atoms with Crippen molar-refractivity contribution in [3.05, 3.63) is 35.9 Å². The monoisotopic (exact) mass is 329 g/mol. The molecule has 2 saturated heterocycles. The minimum atomic E-state index is -0.0775. The summed E-state index contributed by atoms with van der Waals surface area (Å²) < 4.78 is 0. The van der Waals surface area contributed by atoms with Gasteiger partial charge in [-0.05, 0) is 44.5 Å². The van der Waals surface area contributed by atoms with E-state index in [0.717, 1.165) is 26.1 Å². The summed E-state index contributed by atoms with van der Waals surface area (Å²) in [5.74, 6) is 0.164. The minimum Gasteiger partial charge on any atom is -0.350 e. The Bertz CT molecular complexity index is 553. The topological polar surface area (TPSA) is 52.7 Å². The molecule has 130 valence electrons. The lowest BCUT2D eigenvalue weighted by Crippen LogP contribution is -2.44. The smallest absolute Gasteiger partial charge is 0.251 e. The van der Waals surface area contributed by atoms with Crippen molar-refractivity contribution in [2.75, 3.05) is 32.7 Å². The van der Waals surface area contributed by atoms with Gasteiger partial charge in [0.05, 0.1) is 6.04 Å². The van der Waals surface area contributed by atoms with Crippen molar-refractivity contribution in [3.8, 4) is 0 Å². The quantitative estimate of drug-likeness (QED) is 0.897. The van der Waals surface area contributed by atoms with E-state index in [-0.39, 0.29) is 17.9 Å². The zero-order valence-electron chi connectivity index (χ0n) is 14.2. The first kappa shape index (κ1) is 17.0. The molecule has 1 aromatic rings. The van der Waals surface area contributed by atoms with Crippen LogP contribution in [-0.2, 0) is 4.79 Å². The molecule has 2 fully saturated rings. The number of nitrogens with one attached hydrogen (secondary N) is 1. The van der Waals surface area contributed by atoms with Gasteiger partial charge >= 0.3 is 0 Å². The summed E-state index contributed by atoms with van der Waals surface area (Å²) in [6, 6.07) is 9.25. The van der Waals surface area contributed by atoms with E-state index in [9.17, 15) is 9.59 Å². The molecule has 0 bridgehead atoms. The summed E-state index contributed by atoms with van der Waals surface area (Å²) in [7, 11) is 0. The molecule has 2 amide bonds. The number of hydrogen-bond acceptors (Lipinski definition) is 3. The largest absolute Gasteiger partial charge is 0.350 e. The lowest BCUT2D eigenvalue weighted by Gasteiger charge is -2.26. The van der Waals surface area contributed by atoms with Crippen LogP contribution in [0.2, 0.25) is 0 Å². The molecular weight excluding hydrogens is 302 g/mol. The Balaban J connectivity index is 1.45. The van der Waals surface area contributed by atoms with E-state index in [1.165, 1.54) is 25.7 Å². The maximum atomic E-state index is 12.6. The predicted octanol–water partition coefficient (Wildman–Crippen LogP) is 1.89. The van der Waals surface area contributed by atoms with Gasteiger partial charge in [0.15, 0.2) is 0 Å². The molecule has 0 saturated carbocycles. The highest BCUT2D eigenvalue weighted by Crippen LogP contribution is 2.20. The van der Waals surface area contributed by atoms with Crippen LogP contribution in [0, 0.1) is 0 Å². The second-order valence-electron chi connectivity index (χ2n) is 6.70. The highest BCUT2D eigenvalue weighted by atomic mass is 16.2. The van der Waals surface area contributed by atoms with Crippen molar-refractivity contribution >= 4 is 11.8 Å². The van der Waals surface area contributed by atoms with E-state index >= 15 is 0 Å². The maximum Gasteiger partial charge on any atom is 0.251 e. The number of rotatable bonds is 5. The van der Waals surface area contributed by atoms with Gasteiger partial charge in [-0.2, -0.15) is 0 Å². The molecule has 3 rings (SSSR count). The lowest BCUT2D eigenvalue weighted by molar-refractivity contribution is -0.132. The molecular formula is C19H27N3O2. The maximum absolute atomic E-state index is 12.6. The van der Waals surface area contributed by atoms with Crippen LogP contribution >= 0.6 is 0 Å². The summed E-state index contributed by atoms with van der Waals surface area (Å²) in [5, 5.41) is 2.90. The average molecular weight is 329 g/mol. The Hall–Kier alpha value is -1.88. The number of amides is 2. The third-order valence-corrected chi connectivity index (χ3v) is 5.05. The molecule has 2 aliphatic heterocycles. The van der Waals surface area contributed by atoms with E-state index in [2.05, 4.69) is 10.2 Å². The van der Waals surface area contributed by atoms with Crippen LogP contribution in [-0.4, -0.2) is 60.4 Å². The highest BCUT2D eigenvalue weighted by molar-refractivity contribution is 5.94. The number of likely N-dealkylation sites (tertiary alicyclic amines) is 2. The van der Waals surface area contributed by atoms with Crippen molar-refractivity contribution < 1.29 is 9.59 Å². The second-order valence-corrected chi connectivity index (χ2v) is 6.70.